The highest BCUT2D eigenvalue weighted by Gasteiger charge is 2.08. The number of carbonyl (C=O) groups excluding carboxylic acids is 1. The summed E-state index contributed by atoms with van der Waals surface area (Å²) in [6.45, 7) is 0. The zero-order valence-corrected chi connectivity index (χ0v) is 11.1. The third-order valence-electron chi connectivity index (χ3n) is 2.60. The van der Waals surface area contributed by atoms with E-state index < -0.39 is 0 Å². The van der Waals surface area contributed by atoms with Crippen LogP contribution in [-0.2, 0) is 0 Å². The Morgan fingerprint density at radius 1 is 1.11 bits per heavy atom. The Kier molecular flexibility index (Phi) is 3.90. The quantitative estimate of drug-likeness (QED) is 0.775. The molecule has 0 atom stereocenters. The van der Waals surface area contributed by atoms with E-state index in [0.717, 1.165) is 17.4 Å². The first-order valence-electron chi connectivity index (χ1n) is 5.24. The number of hydrogen-bond acceptors (Lipinski definition) is 2. The summed E-state index contributed by atoms with van der Waals surface area (Å²) in [5, 5.41) is 1.02. The second-order valence-electron chi connectivity index (χ2n) is 3.70. The summed E-state index contributed by atoms with van der Waals surface area (Å²) in [7, 11) is 1.59. The molecule has 2 rings (SSSR count). The summed E-state index contributed by atoms with van der Waals surface area (Å²) < 4.78 is 5.28. The average Bonchev–Trinajstić information content (AvgIpc) is 2.38. The molecule has 0 aromatic heterocycles. The van der Waals surface area contributed by atoms with E-state index >= 15 is 0 Å². The molecule has 0 amide bonds. The van der Waals surface area contributed by atoms with Gasteiger partial charge in [-0.05, 0) is 35.9 Å². The van der Waals surface area contributed by atoms with Crippen LogP contribution >= 0.6 is 23.2 Å². The van der Waals surface area contributed by atoms with Gasteiger partial charge >= 0.3 is 0 Å². The summed E-state index contributed by atoms with van der Waals surface area (Å²) in [6.07, 6.45) is 0.724. The van der Waals surface area contributed by atoms with E-state index in [9.17, 15) is 4.79 Å². The molecule has 92 valence electrons. The van der Waals surface area contributed by atoms with Crippen LogP contribution in [0.4, 0.5) is 0 Å². The molecule has 2 aromatic carbocycles. The van der Waals surface area contributed by atoms with E-state index in [2.05, 4.69) is 0 Å². The summed E-state index contributed by atoms with van der Waals surface area (Å²) in [5.41, 5.74) is 2.15. The number of ether oxygens (including phenoxy) is 1. The SMILES string of the molecule is COc1ccc(Cl)cc1-c1ccc(C=O)c(Cl)c1. The molecular formula is C14H10Cl2O2. The van der Waals surface area contributed by atoms with Crippen LogP contribution in [0.15, 0.2) is 36.4 Å². The summed E-state index contributed by atoms with van der Waals surface area (Å²) >= 11 is 12.0. The molecule has 0 saturated heterocycles. The molecule has 0 spiro atoms. The number of benzene rings is 2. The Bertz CT molecular complexity index is 594. The Labute approximate surface area is 115 Å². The van der Waals surface area contributed by atoms with E-state index in [1.165, 1.54) is 0 Å². The molecule has 4 heteroatoms. The van der Waals surface area contributed by atoms with Crippen LogP contribution in [0, 0.1) is 0 Å². The van der Waals surface area contributed by atoms with Crippen molar-refractivity contribution >= 4 is 29.5 Å². The van der Waals surface area contributed by atoms with E-state index in [-0.39, 0.29) is 0 Å². The zero-order chi connectivity index (χ0) is 13.1. The van der Waals surface area contributed by atoms with E-state index in [0.29, 0.717) is 21.4 Å². The molecule has 2 aromatic rings. The van der Waals surface area contributed by atoms with Gasteiger partial charge in [0.15, 0.2) is 6.29 Å². The fourth-order valence-electron chi connectivity index (χ4n) is 1.70. The van der Waals surface area contributed by atoms with Gasteiger partial charge in [0.2, 0.25) is 0 Å². The molecule has 0 fully saturated rings. The van der Waals surface area contributed by atoms with E-state index in [1.54, 1.807) is 37.4 Å². The van der Waals surface area contributed by atoms with Gasteiger partial charge in [-0.1, -0.05) is 29.3 Å². The number of methoxy groups -OCH3 is 1. The number of carbonyl (C=O) groups is 1. The van der Waals surface area contributed by atoms with Crippen LogP contribution in [0.2, 0.25) is 10.0 Å². The van der Waals surface area contributed by atoms with Crippen molar-refractivity contribution in [3.05, 3.63) is 52.0 Å². The van der Waals surface area contributed by atoms with Crippen LogP contribution in [-0.4, -0.2) is 13.4 Å². The molecule has 0 N–H and O–H groups in total. The largest absolute Gasteiger partial charge is 0.496 e. The Morgan fingerprint density at radius 3 is 2.50 bits per heavy atom. The van der Waals surface area contributed by atoms with Gasteiger partial charge in [0.25, 0.3) is 0 Å². The molecular weight excluding hydrogens is 271 g/mol. The van der Waals surface area contributed by atoms with Gasteiger partial charge in [0.05, 0.1) is 12.1 Å². The normalized spacial score (nSPS) is 10.2. The number of halogens is 2. The van der Waals surface area contributed by atoms with Gasteiger partial charge in [-0.15, -0.1) is 0 Å². The Hall–Kier alpha value is -1.51. The van der Waals surface area contributed by atoms with Crippen molar-refractivity contribution in [3.8, 4) is 16.9 Å². The molecule has 0 aliphatic carbocycles. The highest BCUT2D eigenvalue weighted by atomic mass is 35.5. The van der Waals surface area contributed by atoms with Crippen molar-refractivity contribution in [1.82, 2.24) is 0 Å². The molecule has 0 aliphatic rings. The standard InChI is InChI=1S/C14H10Cl2O2/c1-18-14-5-4-11(15)7-12(14)9-2-3-10(8-17)13(16)6-9/h2-8H,1H3. The van der Waals surface area contributed by atoms with Gasteiger partial charge in [0, 0.05) is 16.1 Å². The fourth-order valence-corrected chi connectivity index (χ4v) is 2.09. The molecule has 18 heavy (non-hydrogen) atoms. The van der Waals surface area contributed by atoms with Gasteiger partial charge < -0.3 is 4.74 Å². The highest BCUT2D eigenvalue weighted by molar-refractivity contribution is 6.33. The smallest absolute Gasteiger partial charge is 0.151 e. The lowest BCUT2D eigenvalue weighted by Gasteiger charge is -2.10. The van der Waals surface area contributed by atoms with Crippen molar-refractivity contribution in [1.29, 1.82) is 0 Å². The lowest BCUT2D eigenvalue weighted by molar-refractivity contribution is 0.112. The topological polar surface area (TPSA) is 26.3 Å². The number of hydrogen-bond donors (Lipinski definition) is 0. The number of aldehydes is 1. The monoisotopic (exact) mass is 280 g/mol. The third kappa shape index (κ3) is 2.50. The second kappa shape index (κ2) is 5.42. The first-order chi connectivity index (χ1) is 8.65. The van der Waals surface area contributed by atoms with Crippen molar-refractivity contribution in [2.75, 3.05) is 7.11 Å². The summed E-state index contributed by atoms with van der Waals surface area (Å²) in [6, 6.07) is 10.5. The van der Waals surface area contributed by atoms with Gasteiger partial charge in [0.1, 0.15) is 5.75 Å². The first kappa shape index (κ1) is 12.9. The van der Waals surface area contributed by atoms with Crippen LogP contribution in [0.1, 0.15) is 10.4 Å². The fraction of sp³-hybridized carbons (Fsp3) is 0.0714. The Morgan fingerprint density at radius 2 is 1.89 bits per heavy atom. The minimum Gasteiger partial charge on any atom is -0.496 e. The lowest BCUT2D eigenvalue weighted by atomic mass is 10.0. The molecule has 0 saturated carbocycles. The predicted molar refractivity (Wildman–Crippen MR) is 73.8 cm³/mol. The molecule has 0 radical (unpaired) electrons. The zero-order valence-electron chi connectivity index (χ0n) is 9.61. The van der Waals surface area contributed by atoms with Gasteiger partial charge in [-0.3, -0.25) is 4.79 Å². The number of rotatable bonds is 3. The van der Waals surface area contributed by atoms with Gasteiger partial charge in [-0.2, -0.15) is 0 Å². The van der Waals surface area contributed by atoms with Crippen molar-refractivity contribution in [2.24, 2.45) is 0 Å². The minimum absolute atomic E-state index is 0.407. The van der Waals surface area contributed by atoms with Gasteiger partial charge in [-0.25, -0.2) is 0 Å². The highest BCUT2D eigenvalue weighted by Crippen LogP contribution is 2.34. The maximum absolute atomic E-state index is 10.7. The van der Waals surface area contributed by atoms with Crippen molar-refractivity contribution < 1.29 is 9.53 Å². The Balaban J connectivity index is 2.57. The maximum Gasteiger partial charge on any atom is 0.151 e. The van der Waals surface area contributed by atoms with Crippen LogP contribution < -0.4 is 4.74 Å². The van der Waals surface area contributed by atoms with Crippen molar-refractivity contribution in [2.45, 2.75) is 0 Å². The maximum atomic E-state index is 10.7. The van der Waals surface area contributed by atoms with E-state index in [4.69, 9.17) is 27.9 Å². The average molecular weight is 281 g/mol. The summed E-state index contributed by atoms with van der Waals surface area (Å²) in [4.78, 5) is 10.7. The van der Waals surface area contributed by atoms with Crippen LogP contribution in [0.25, 0.3) is 11.1 Å². The molecule has 0 unspecified atom stereocenters. The van der Waals surface area contributed by atoms with Crippen molar-refractivity contribution in [3.63, 3.8) is 0 Å². The molecule has 0 heterocycles. The predicted octanol–water partition coefficient (Wildman–Crippen LogP) is 4.48. The third-order valence-corrected chi connectivity index (χ3v) is 3.16. The molecule has 0 bridgehead atoms. The minimum atomic E-state index is 0.407. The molecule has 2 nitrogen and oxygen atoms in total. The lowest BCUT2D eigenvalue weighted by Crippen LogP contribution is -1.89. The second-order valence-corrected chi connectivity index (χ2v) is 4.54. The van der Waals surface area contributed by atoms with Crippen LogP contribution in [0.3, 0.4) is 0 Å². The summed E-state index contributed by atoms with van der Waals surface area (Å²) in [5.74, 6) is 0.703. The molecule has 0 aliphatic heterocycles. The van der Waals surface area contributed by atoms with Crippen LogP contribution in [0.5, 0.6) is 5.75 Å². The first-order valence-corrected chi connectivity index (χ1v) is 6.00. The van der Waals surface area contributed by atoms with E-state index in [1.807, 2.05) is 6.07 Å².